The van der Waals surface area contributed by atoms with Crippen LogP contribution >= 0.6 is 0 Å². The van der Waals surface area contributed by atoms with Crippen LogP contribution in [-0.4, -0.2) is 33.9 Å². The molecule has 0 unspecified atom stereocenters. The van der Waals surface area contributed by atoms with Crippen LogP contribution in [0.3, 0.4) is 0 Å². The van der Waals surface area contributed by atoms with Crippen molar-refractivity contribution in [1.82, 2.24) is 15.0 Å². The molecule has 0 amide bonds. The van der Waals surface area contributed by atoms with Crippen LogP contribution in [0.25, 0.3) is 0 Å². The van der Waals surface area contributed by atoms with Gasteiger partial charge in [-0.25, -0.2) is 15.0 Å². The fourth-order valence-electron chi connectivity index (χ4n) is 3.34. The van der Waals surface area contributed by atoms with E-state index >= 15 is 0 Å². The third kappa shape index (κ3) is 2.92. The van der Waals surface area contributed by atoms with E-state index in [4.69, 9.17) is 5.73 Å². The molecule has 1 heterocycles. The second kappa shape index (κ2) is 6.88. The lowest BCUT2D eigenvalue weighted by Gasteiger charge is -2.23. The molecule has 0 spiro atoms. The standard InChI is InChI=1S/C20H17BN5O2/c1-10-7-14(26-21-8-15-24-9-23-11(2)25-15)16-17(18(10)22)20(28)13-6-4-3-5-12(13)19(16)27/h3-7,9,26H,8,22H2,1-2H3. The van der Waals surface area contributed by atoms with Gasteiger partial charge in [0, 0.05) is 28.8 Å². The predicted octanol–water partition coefficient (Wildman–Crippen LogP) is 2.08. The molecule has 1 aliphatic rings. The Hall–Kier alpha value is -3.55. The van der Waals surface area contributed by atoms with Gasteiger partial charge in [0.05, 0.1) is 11.1 Å². The number of hydrogen-bond acceptors (Lipinski definition) is 7. The Bertz CT molecular complexity index is 1130. The molecule has 0 atom stereocenters. The summed E-state index contributed by atoms with van der Waals surface area (Å²) in [6.45, 7) is 3.61. The number of aryl methyl sites for hydroxylation is 2. The molecule has 0 bridgehead atoms. The monoisotopic (exact) mass is 370 g/mol. The van der Waals surface area contributed by atoms with Crippen molar-refractivity contribution in [3.05, 3.63) is 76.1 Å². The molecule has 7 nitrogen and oxygen atoms in total. The fraction of sp³-hybridized carbons (Fsp3) is 0.150. The Balaban J connectivity index is 1.71. The van der Waals surface area contributed by atoms with Crippen molar-refractivity contribution in [3.8, 4) is 0 Å². The van der Waals surface area contributed by atoms with E-state index in [1.807, 2.05) is 6.92 Å². The van der Waals surface area contributed by atoms with Crippen LogP contribution in [0.15, 0.2) is 36.7 Å². The molecule has 0 saturated heterocycles. The van der Waals surface area contributed by atoms with Gasteiger partial charge in [0.2, 0.25) is 0 Å². The van der Waals surface area contributed by atoms with E-state index in [2.05, 4.69) is 20.2 Å². The number of fused-ring (bicyclic) bond motifs is 2. The third-order valence-corrected chi connectivity index (χ3v) is 4.73. The van der Waals surface area contributed by atoms with Gasteiger partial charge in [0.25, 0.3) is 7.41 Å². The van der Waals surface area contributed by atoms with Gasteiger partial charge in [-0.05, 0) is 25.5 Å². The van der Waals surface area contributed by atoms with Crippen LogP contribution in [0.5, 0.6) is 0 Å². The molecule has 0 fully saturated rings. The summed E-state index contributed by atoms with van der Waals surface area (Å²) in [4.78, 5) is 38.5. The molecule has 4 rings (SSSR count). The number of carbonyl (C=O) groups excluding carboxylic acids is 2. The number of nitrogens with one attached hydrogen (secondary N) is 1. The molecule has 8 heteroatoms. The van der Waals surface area contributed by atoms with Gasteiger partial charge in [-0.2, -0.15) is 0 Å². The number of benzene rings is 2. The zero-order valence-electron chi connectivity index (χ0n) is 15.5. The zero-order valence-corrected chi connectivity index (χ0v) is 15.5. The van der Waals surface area contributed by atoms with Gasteiger partial charge >= 0.3 is 0 Å². The molecular weight excluding hydrogens is 353 g/mol. The van der Waals surface area contributed by atoms with E-state index in [1.165, 1.54) is 6.33 Å². The lowest BCUT2D eigenvalue weighted by molar-refractivity contribution is 0.0980. The van der Waals surface area contributed by atoms with E-state index in [9.17, 15) is 9.59 Å². The number of rotatable bonds is 4. The minimum atomic E-state index is -0.234. The molecule has 137 valence electrons. The Labute approximate surface area is 162 Å². The molecule has 1 aliphatic carbocycles. The summed E-state index contributed by atoms with van der Waals surface area (Å²) in [5.41, 5.74) is 9.12. The maximum Gasteiger partial charge on any atom is 0.250 e. The van der Waals surface area contributed by atoms with E-state index in [0.717, 1.165) is 5.56 Å². The molecule has 28 heavy (non-hydrogen) atoms. The summed E-state index contributed by atoms with van der Waals surface area (Å²) < 4.78 is 0. The quantitative estimate of drug-likeness (QED) is 0.418. The number of ketones is 2. The molecule has 3 aromatic rings. The van der Waals surface area contributed by atoms with Crippen molar-refractivity contribution in [1.29, 1.82) is 0 Å². The maximum atomic E-state index is 13.1. The number of nitrogen functional groups attached to an aromatic ring is 1. The minimum absolute atomic E-state index is 0.219. The van der Waals surface area contributed by atoms with E-state index in [1.54, 1.807) is 44.7 Å². The highest BCUT2D eigenvalue weighted by Gasteiger charge is 2.33. The molecule has 0 saturated carbocycles. The van der Waals surface area contributed by atoms with Crippen LogP contribution in [0.4, 0.5) is 11.4 Å². The largest absolute Gasteiger partial charge is 0.431 e. The summed E-state index contributed by atoms with van der Waals surface area (Å²) in [5, 5.41) is 3.14. The lowest BCUT2D eigenvalue weighted by Crippen LogP contribution is -2.25. The molecule has 0 aliphatic heterocycles. The number of nitrogens with zero attached hydrogens (tertiary/aromatic N) is 3. The minimum Gasteiger partial charge on any atom is -0.431 e. The lowest BCUT2D eigenvalue weighted by atomic mass is 9.79. The molecule has 3 N–H and O–H groups in total. The summed E-state index contributed by atoms with van der Waals surface area (Å²) in [6.07, 6.45) is 1.89. The van der Waals surface area contributed by atoms with Gasteiger partial charge in [-0.1, -0.05) is 24.3 Å². The van der Waals surface area contributed by atoms with Gasteiger partial charge in [-0.15, -0.1) is 0 Å². The van der Waals surface area contributed by atoms with Crippen molar-refractivity contribution >= 4 is 30.4 Å². The van der Waals surface area contributed by atoms with Crippen LogP contribution in [0.2, 0.25) is 0 Å². The van der Waals surface area contributed by atoms with Gasteiger partial charge in [0.15, 0.2) is 11.6 Å². The van der Waals surface area contributed by atoms with Crippen molar-refractivity contribution in [3.63, 3.8) is 0 Å². The maximum absolute atomic E-state index is 13.1. The number of aromatic nitrogens is 3. The highest BCUT2D eigenvalue weighted by molar-refractivity contribution is 6.41. The predicted molar refractivity (Wildman–Crippen MR) is 107 cm³/mol. The zero-order chi connectivity index (χ0) is 19.8. The second-order valence-electron chi connectivity index (χ2n) is 6.61. The van der Waals surface area contributed by atoms with Crippen molar-refractivity contribution in [2.75, 3.05) is 11.0 Å². The third-order valence-electron chi connectivity index (χ3n) is 4.73. The van der Waals surface area contributed by atoms with E-state index < -0.39 is 0 Å². The van der Waals surface area contributed by atoms with Gasteiger partial charge in [-0.3, -0.25) is 9.59 Å². The SMILES string of the molecule is Cc1ncnc(C[B]Nc2cc(C)c(N)c3c2C(=O)c2ccccc2C3=O)n1. The van der Waals surface area contributed by atoms with Crippen LogP contribution in [0, 0.1) is 13.8 Å². The fourth-order valence-corrected chi connectivity index (χ4v) is 3.34. The van der Waals surface area contributed by atoms with Gasteiger partial charge in [0.1, 0.15) is 18.0 Å². The second-order valence-corrected chi connectivity index (χ2v) is 6.61. The van der Waals surface area contributed by atoms with Crippen molar-refractivity contribution in [2.24, 2.45) is 0 Å². The summed E-state index contributed by atoms with van der Waals surface area (Å²) in [5.74, 6) is 0.789. The molecule has 1 radical (unpaired) electrons. The Kier molecular flexibility index (Phi) is 4.39. The Morgan fingerprint density at radius 3 is 2.39 bits per heavy atom. The molecule has 1 aromatic heterocycles. The smallest absolute Gasteiger partial charge is 0.250 e. The summed E-state index contributed by atoms with van der Waals surface area (Å²) in [7, 11) is 1.75. The Morgan fingerprint density at radius 1 is 1.04 bits per heavy atom. The van der Waals surface area contributed by atoms with Crippen molar-refractivity contribution in [2.45, 2.75) is 20.2 Å². The van der Waals surface area contributed by atoms with Gasteiger partial charge < -0.3 is 11.0 Å². The normalized spacial score (nSPS) is 12.4. The first-order valence-electron chi connectivity index (χ1n) is 8.81. The first-order valence-corrected chi connectivity index (χ1v) is 8.81. The Morgan fingerprint density at radius 2 is 1.71 bits per heavy atom. The molecule has 2 aromatic carbocycles. The van der Waals surface area contributed by atoms with E-state index in [0.29, 0.717) is 46.0 Å². The van der Waals surface area contributed by atoms with Crippen LogP contribution in [-0.2, 0) is 6.32 Å². The van der Waals surface area contributed by atoms with Crippen LogP contribution < -0.4 is 11.0 Å². The number of hydrogen-bond donors (Lipinski definition) is 2. The topological polar surface area (TPSA) is 111 Å². The number of carbonyl (C=O) groups is 2. The van der Waals surface area contributed by atoms with Crippen molar-refractivity contribution < 1.29 is 9.59 Å². The summed E-state index contributed by atoms with van der Waals surface area (Å²) >= 11 is 0. The molecular formula is C20H17BN5O2. The average Bonchev–Trinajstić information content (AvgIpc) is 2.68. The highest BCUT2D eigenvalue weighted by atomic mass is 16.1. The average molecular weight is 370 g/mol. The van der Waals surface area contributed by atoms with E-state index in [-0.39, 0.29) is 17.1 Å². The summed E-state index contributed by atoms with van der Waals surface area (Å²) in [6, 6.07) is 8.58. The number of anilines is 2. The highest BCUT2D eigenvalue weighted by Crippen LogP contribution is 2.37. The first kappa shape index (κ1) is 17.8. The van der Waals surface area contributed by atoms with Crippen LogP contribution in [0.1, 0.15) is 49.1 Å². The first-order chi connectivity index (χ1) is 13.5. The number of nitrogens with two attached hydrogens (primary N) is 1.